The van der Waals surface area contributed by atoms with Crippen LogP contribution in [0.25, 0.3) is 0 Å². The first-order valence-corrected chi connectivity index (χ1v) is 6.66. The fourth-order valence-corrected chi connectivity index (χ4v) is 2.64. The van der Waals surface area contributed by atoms with Crippen molar-refractivity contribution in [2.45, 2.75) is 31.9 Å². The molecule has 1 aromatic rings. The molecule has 0 saturated carbocycles. The van der Waals surface area contributed by atoms with Gasteiger partial charge in [-0.3, -0.25) is 4.79 Å². The molecular weight excluding hydrogens is 242 g/mol. The average Bonchev–Trinajstić information content (AvgIpc) is 2.66. The van der Waals surface area contributed by atoms with E-state index in [1.54, 1.807) is 7.11 Å². The topological polar surface area (TPSA) is 58.6 Å². The lowest BCUT2D eigenvalue weighted by molar-refractivity contribution is -0.123. The normalized spacial score (nSPS) is 22.9. The van der Waals surface area contributed by atoms with Gasteiger partial charge in [-0.25, -0.2) is 0 Å². The van der Waals surface area contributed by atoms with Gasteiger partial charge in [0.05, 0.1) is 12.1 Å². The Morgan fingerprint density at radius 2 is 2.26 bits per heavy atom. The maximum atomic E-state index is 12.0. The summed E-state index contributed by atoms with van der Waals surface area (Å²) in [4.78, 5) is 12.0. The van der Waals surface area contributed by atoms with E-state index in [1.165, 1.54) is 0 Å². The number of hydrogen-bond acceptors (Lipinski definition) is 3. The predicted molar refractivity (Wildman–Crippen MR) is 72.7 cm³/mol. The fourth-order valence-electron chi connectivity index (χ4n) is 2.64. The molecule has 0 aliphatic heterocycles. The van der Waals surface area contributed by atoms with E-state index in [0.29, 0.717) is 19.4 Å². The van der Waals surface area contributed by atoms with Gasteiger partial charge >= 0.3 is 0 Å². The van der Waals surface area contributed by atoms with Crippen LogP contribution in [0.4, 0.5) is 0 Å². The number of amides is 1. The van der Waals surface area contributed by atoms with Crippen LogP contribution in [0.5, 0.6) is 0 Å². The van der Waals surface area contributed by atoms with Crippen LogP contribution in [0.1, 0.15) is 30.5 Å². The Labute approximate surface area is 113 Å². The monoisotopic (exact) mass is 263 g/mol. The highest BCUT2D eigenvalue weighted by Crippen LogP contribution is 2.31. The standard InChI is InChI=1S/C15H21NO3/c1-10(9-19-2)7-14(18)16-15-12-6-4-3-5-11(12)8-13(15)17/h3-6,10,13,15,17H,7-9H2,1-2H3,(H,16,18)/t10?,13-,15+/m0/s1. The molecule has 3 atom stereocenters. The third kappa shape index (κ3) is 3.33. The summed E-state index contributed by atoms with van der Waals surface area (Å²) in [6.45, 7) is 2.54. The van der Waals surface area contributed by atoms with E-state index < -0.39 is 6.10 Å². The number of carbonyl (C=O) groups is 1. The number of hydrogen-bond donors (Lipinski definition) is 2. The van der Waals surface area contributed by atoms with Crippen molar-refractivity contribution in [2.75, 3.05) is 13.7 Å². The van der Waals surface area contributed by atoms with Gasteiger partial charge in [-0.05, 0) is 17.0 Å². The largest absolute Gasteiger partial charge is 0.390 e. The van der Waals surface area contributed by atoms with E-state index in [4.69, 9.17) is 4.74 Å². The summed E-state index contributed by atoms with van der Waals surface area (Å²) >= 11 is 0. The molecule has 0 heterocycles. The highest BCUT2D eigenvalue weighted by molar-refractivity contribution is 5.77. The van der Waals surface area contributed by atoms with E-state index in [9.17, 15) is 9.90 Å². The summed E-state index contributed by atoms with van der Waals surface area (Å²) in [6, 6.07) is 7.58. The Morgan fingerprint density at radius 3 is 3.00 bits per heavy atom. The van der Waals surface area contributed by atoms with Gasteiger partial charge in [0.2, 0.25) is 5.91 Å². The molecule has 0 spiro atoms. The van der Waals surface area contributed by atoms with Crippen LogP contribution in [-0.4, -0.2) is 30.8 Å². The second kappa shape index (κ2) is 6.17. The first-order valence-electron chi connectivity index (χ1n) is 6.66. The number of carbonyl (C=O) groups excluding carboxylic acids is 1. The molecule has 2 rings (SSSR count). The van der Waals surface area contributed by atoms with E-state index in [2.05, 4.69) is 5.32 Å². The number of ether oxygens (including phenoxy) is 1. The van der Waals surface area contributed by atoms with Gasteiger partial charge in [0.1, 0.15) is 0 Å². The fraction of sp³-hybridized carbons (Fsp3) is 0.533. The SMILES string of the molecule is COCC(C)CC(=O)N[C@@H]1c2ccccc2C[C@@H]1O. The van der Waals surface area contributed by atoms with Crippen LogP contribution < -0.4 is 5.32 Å². The lowest BCUT2D eigenvalue weighted by Crippen LogP contribution is -2.34. The molecule has 1 unspecified atom stereocenters. The van der Waals surface area contributed by atoms with Crippen LogP contribution >= 0.6 is 0 Å². The number of aliphatic hydroxyl groups excluding tert-OH is 1. The molecule has 1 aliphatic carbocycles. The van der Waals surface area contributed by atoms with Crippen molar-refractivity contribution in [3.05, 3.63) is 35.4 Å². The lowest BCUT2D eigenvalue weighted by atomic mass is 10.1. The molecule has 1 aliphatic rings. The van der Waals surface area contributed by atoms with Crippen LogP contribution in [0.2, 0.25) is 0 Å². The van der Waals surface area contributed by atoms with E-state index in [1.807, 2.05) is 31.2 Å². The summed E-state index contributed by atoms with van der Waals surface area (Å²) in [5.41, 5.74) is 2.15. The summed E-state index contributed by atoms with van der Waals surface area (Å²) in [7, 11) is 1.63. The molecule has 19 heavy (non-hydrogen) atoms. The number of fused-ring (bicyclic) bond motifs is 1. The minimum atomic E-state index is -0.529. The Hall–Kier alpha value is -1.39. The van der Waals surface area contributed by atoms with E-state index in [0.717, 1.165) is 11.1 Å². The quantitative estimate of drug-likeness (QED) is 0.845. The average molecular weight is 263 g/mol. The highest BCUT2D eigenvalue weighted by atomic mass is 16.5. The number of aliphatic hydroxyl groups is 1. The molecule has 0 saturated heterocycles. The predicted octanol–water partition coefficient (Wildman–Crippen LogP) is 1.43. The second-order valence-electron chi connectivity index (χ2n) is 5.28. The minimum absolute atomic E-state index is 0.0368. The number of nitrogens with one attached hydrogen (secondary N) is 1. The molecule has 4 heteroatoms. The number of methoxy groups -OCH3 is 1. The molecule has 1 aromatic carbocycles. The van der Waals surface area contributed by atoms with Gasteiger partial charge in [-0.2, -0.15) is 0 Å². The van der Waals surface area contributed by atoms with Crippen molar-refractivity contribution < 1.29 is 14.6 Å². The van der Waals surface area contributed by atoms with Gasteiger partial charge in [0.15, 0.2) is 0 Å². The molecular formula is C15H21NO3. The highest BCUT2D eigenvalue weighted by Gasteiger charge is 2.31. The minimum Gasteiger partial charge on any atom is -0.390 e. The molecule has 2 N–H and O–H groups in total. The maximum Gasteiger partial charge on any atom is 0.220 e. The molecule has 0 bridgehead atoms. The number of benzene rings is 1. The summed E-state index contributed by atoms with van der Waals surface area (Å²) in [5, 5.41) is 13.0. The zero-order valence-electron chi connectivity index (χ0n) is 11.4. The second-order valence-corrected chi connectivity index (χ2v) is 5.28. The summed E-state index contributed by atoms with van der Waals surface area (Å²) in [5.74, 6) is 0.143. The first kappa shape index (κ1) is 14.0. The van der Waals surface area contributed by atoms with E-state index >= 15 is 0 Å². The summed E-state index contributed by atoms with van der Waals surface area (Å²) in [6.07, 6.45) is 0.493. The summed E-state index contributed by atoms with van der Waals surface area (Å²) < 4.78 is 5.02. The van der Waals surface area contributed by atoms with Crippen molar-refractivity contribution in [1.29, 1.82) is 0 Å². The van der Waals surface area contributed by atoms with Crippen LogP contribution in [0.3, 0.4) is 0 Å². The van der Waals surface area contributed by atoms with Crippen LogP contribution in [-0.2, 0) is 16.0 Å². The van der Waals surface area contributed by atoms with Gasteiger partial charge < -0.3 is 15.2 Å². The number of rotatable bonds is 5. The zero-order valence-corrected chi connectivity index (χ0v) is 11.4. The third-order valence-corrected chi connectivity index (χ3v) is 3.51. The Kier molecular flexibility index (Phi) is 4.56. The molecule has 0 aromatic heterocycles. The molecule has 104 valence electrons. The van der Waals surface area contributed by atoms with E-state index in [-0.39, 0.29) is 17.9 Å². The van der Waals surface area contributed by atoms with Crippen LogP contribution in [0, 0.1) is 5.92 Å². The van der Waals surface area contributed by atoms with Gasteiger partial charge in [0.25, 0.3) is 0 Å². The van der Waals surface area contributed by atoms with Crippen molar-refractivity contribution in [3.8, 4) is 0 Å². The Bertz CT molecular complexity index is 447. The maximum absolute atomic E-state index is 12.0. The van der Waals surface area contributed by atoms with Crippen molar-refractivity contribution in [1.82, 2.24) is 5.32 Å². The van der Waals surface area contributed by atoms with Gasteiger partial charge in [-0.1, -0.05) is 31.2 Å². The van der Waals surface area contributed by atoms with Crippen molar-refractivity contribution in [3.63, 3.8) is 0 Å². The molecule has 0 radical (unpaired) electrons. The first-order chi connectivity index (χ1) is 9.11. The smallest absolute Gasteiger partial charge is 0.220 e. The van der Waals surface area contributed by atoms with Crippen LogP contribution in [0.15, 0.2) is 24.3 Å². The molecule has 4 nitrogen and oxygen atoms in total. The molecule has 0 fully saturated rings. The van der Waals surface area contributed by atoms with Gasteiger partial charge in [-0.15, -0.1) is 0 Å². The van der Waals surface area contributed by atoms with Gasteiger partial charge in [0, 0.05) is 26.6 Å². The third-order valence-electron chi connectivity index (χ3n) is 3.51. The Balaban J connectivity index is 1.97. The lowest BCUT2D eigenvalue weighted by Gasteiger charge is -2.19. The van der Waals surface area contributed by atoms with Crippen molar-refractivity contribution in [2.24, 2.45) is 5.92 Å². The molecule has 1 amide bonds. The zero-order chi connectivity index (χ0) is 13.8. The Morgan fingerprint density at radius 1 is 1.53 bits per heavy atom. The van der Waals surface area contributed by atoms with Crippen molar-refractivity contribution >= 4 is 5.91 Å².